The zero-order chi connectivity index (χ0) is 14.5. The Kier molecular flexibility index (Phi) is 2.94. The van der Waals surface area contributed by atoms with E-state index < -0.39 is 0 Å². The fourth-order valence-corrected chi connectivity index (χ4v) is 3.58. The molecule has 1 aromatic rings. The molecule has 1 heterocycles. The summed E-state index contributed by atoms with van der Waals surface area (Å²) in [5.41, 5.74) is 3.99. The molecule has 108 valence electrons. The lowest BCUT2D eigenvalue weighted by Crippen LogP contribution is -2.27. The number of benzene rings is 1. The molecule has 0 unspecified atom stereocenters. The van der Waals surface area contributed by atoms with Crippen LogP contribution in [0, 0.1) is 16.7 Å². The largest absolute Gasteiger partial charge is 0.352 e. The van der Waals surface area contributed by atoms with Crippen LogP contribution >= 0.6 is 0 Å². The number of carbonyl (C=O) groups is 1. The summed E-state index contributed by atoms with van der Waals surface area (Å²) in [6.45, 7) is 11.7. The SMILES string of the molecule is CC1(C)C(CNC(=O)c2ccc3c(c2)CNC3)C1(C)C. The molecule has 2 N–H and O–H groups in total. The molecule has 0 saturated heterocycles. The third kappa shape index (κ3) is 1.96. The predicted octanol–water partition coefficient (Wildman–Crippen LogP) is 2.70. The monoisotopic (exact) mass is 272 g/mol. The van der Waals surface area contributed by atoms with E-state index in [-0.39, 0.29) is 5.91 Å². The van der Waals surface area contributed by atoms with Gasteiger partial charge in [-0.1, -0.05) is 33.8 Å². The zero-order valence-electron chi connectivity index (χ0n) is 12.8. The third-order valence-corrected chi connectivity index (χ3v) is 5.89. The Morgan fingerprint density at radius 3 is 2.50 bits per heavy atom. The molecule has 1 aliphatic carbocycles. The number of rotatable bonds is 3. The third-order valence-electron chi connectivity index (χ3n) is 5.89. The van der Waals surface area contributed by atoms with Gasteiger partial charge in [0.1, 0.15) is 0 Å². The van der Waals surface area contributed by atoms with E-state index in [1.807, 2.05) is 12.1 Å². The van der Waals surface area contributed by atoms with Gasteiger partial charge in [0.2, 0.25) is 0 Å². The highest BCUT2D eigenvalue weighted by Crippen LogP contribution is 2.67. The van der Waals surface area contributed by atoms with Crippen LogP contribution in [0.2, 0.25) is 0 Å². The van der Waals surface area contributed by atoms with Crippen molar-refractivity contribution in [2.24, 2.45) is 16.7 Å². The van der Waals surface area contributed by atoms with Gasteiger partial charge in [-0.2, -0.15) is 0 Å². The lowest BCUT2D eigenvalue weighted by atomic mass is 10.0. The van der Waals surface area contributed by atoms with Crippen molar-refractivity contribution < 1.29 is 4.79 Å². The number of amides is 1. The first-order chi connectivity index (χ1) is 9.34. The van der Waals surface area contributed by atoms with Gasteiger partial charge in [0.15, 0.2) is 0 Å². The number of carbonyl (C=O) groups excluding carboxylic acids is 1. The summed E-state index contributed by atoms with van der Waals surface area (Å²) in [6.07, 6.45) is 0. The molecular weight excluding hydrogens is 248 g/mol. The summed E-state index contributed by atoms with van der Waals surface area (Å²) in [5, 5.41) is 6.41. The standard InChI is InChI=1S/C17H24N2O/c1-16(2)14(17(16,3)4)10-19-15(20)11-5-6-12-8-18-9-13(12)7-11/h5-7,14,18H,8-10H2,1-4H3,(H,19,20). The fourth-order valence-electron chi connectivity index (χ4n) is 3.58. The van der Waals surface area contributed by atoms with Crippen molar-refractivity contribution in [3.63, 3.8) is 0 Å². The summed E-state index contributed by atoms with van der Waals surface area (Å²) in [5.74, 6) is 0.619. The second-order valence-corrected chi connectivity index (χ2v) is 7.29. The van der Waals surface area contributed by atoms with Crippen LogP contribution in [-0.4, -0.2) is 12.5 Å². The summed E-state index contributed by atoms with van der Waals surface area (Å²) in [7, 11) is 0. The van der Waals surface area contributed by atoms with E-state index in [0.29, 0.717) is 16.7 Å². The number of nitrogens with one attached hydrogen (secondary N) is 2. The summed E-state index contributed by atoms with van der Waals surface area (Å²) < 4.78 is 0. The van der Waals surface area contributed by atoms with Gasteiger partial charge >= 0.3 is 0 Å². The highest BCUT2D eigenvalue weighted by atomic mass is 16.1. The lowest BCUT2D eigenvalue weighted by molar-refractivity contribution is 0.0950. The van der Waals surface area contributed by atoms with Crippen LogP contribution in [0.3, 0.4) is 0 Å². The molecular formula is C17H24N2O. The normalized spacial score (nSPS) is 22.4. The molecule has 1 amide bonds. The van der Waals surface area contributed by atoms with Crippen molar-refractivity contribution in [1.29, 1.82) is 0 Å². The van der Waals surface area contributed by atoms with Gasteiger partial charge in [0.25, 0.3) is 5.91 Å². The molecule has 2 aliphatic rings. The van der Waals surface area contributed by atoms with Crippen LogP contribution in [-0.2, 0) is 13.1 Å². The maximum absolute atomic E-state index is 12.3. The lowest BCUT2D eigenvalue weighted by Gasteiger charge is -2.08. The van der Waals surface area contributed by atoms with Crippen molar-refractivity contribution in [2.75, 3.05) is 6.54 Å². The van der Waals surface area contributed by atoms with E-state index in [4.69, 9.17) is 0 Å². The Morgan fingerprint density at radius 2 is 1.85 bits per heavy atom. The van der Waals surface area contributed by atoms with Crippen LogP contribution in [0.25, 0.3) is 0 Å². The van der Waals surface area contributed by atoms with Crippen molar-refractivity contribution in [3.8, 4) is 0 Å². The molecule has 0 bridgehead atoms. The minimum atomic E-state index is 0.0539. The first-order valence-electron chi connectivity index (χ1n) is 7.45. The quantitative estimate of drug-likeness (QED) is 0.888. The van der Waals surface area contributed by atoms with Crippen LogP contribution in [0.15, 0.2) is 18.2 Å². The molecule has 1 aliphatic heterocycles. The summed E-state index contributed by atoms with van der Waals surface area (Å²) in [6, 6.07) is 6.02. The maximum Gasteiger partial charge on any atom is 0.251 e. The second-order valence-electron chi connectivity index (χ2n) is 7.29. The van der Waals surface area contributed by atoms with Crippen molar-refractivity contribution in [2.45, 2.75) is 40.8 Å². The topological polar surface area (TPSA) is 41.1 Å². The molecule has 0 spiro atoms. The first kappa shape index (κ1) is 13.6. The smallest absolute Gasteiger partial charge is 0.251 e. The average molecular weight is 272 g/mol. The predicted molar refractivity (Wildman–Crippen MR) is 80.4 cm³/mol. The highest BCUT2D eigenvalue weighted by molar-refractivity contribution is 5.94. The Hall–Kier alpha value is -1.35. The average Bonchev–Trinajstić information content (AvgIpc) is 2.75. The van der Waals surface area contributed by atoms with E-state index >= 15 is 0 Å². The van der Waals surface area contributed by atoms with Crippen LogP contribution in [0.4, 0.5) is 0 Å². The Bertz CT molecular complexity index is 546. The highest BCUT2D eigenvalue weighted by Gasteiger charge is 2.64. The van der Waals surface area contributed by atoms with Crippen molar-refractivity contribution >= 4 is 5.91 Å². The fraction of sp³-hybridized carbons (Fsp3) is 0.588. The van der Waals surface area contributed by atoms with Crippen molar-refractivity contribution in [1.82, 2.24) is 10.6 Å². The van der Waals surface area contributed by atoms with Crippen LogP contribution in [0.5, 0.6) is 0 Å². The Morgan fingerprint density at radius 1 is 1.20 bits per heavy atom. The van der Waals surface area contributed by atoms with Crippen molar-refractivity contribution in [3.05, 3.63) is 34.9 Å². The molecule has 3 rings (SSSR count). The van der Waals surface area contributed by atoms with Gasteiger partial charge in [-0.25, -0.2) is 0 Å². The molecule has 0 atom stereocenters. The number of hydrogen-bond donors (Lipinski definition) is 2. The second kappa shape index (κ2) is 4.32. The van der Waals surface area contributed by atoms with E-state index in [1.54, 1.807) is 0 Å². The first-order valence-corrected chi connectivity index (χ1v) is 7.45. The van der Waals surface area contributed by atoms with Gasteiger partial charge in [0.05, 0.1) is 0 Å². The molecule has 1 fully saturated rings. The molecule has 3 heteroatoms. The van der Waals surface area contributed by atoms with E-state index in [0.717, 1.165) is 25.2 Å². The van der Waals surface area contributed by atoms with Crippen LogP contribution < -0.4 is 10.6 Å². The van der Waals surface area contributed by atoms with Gasteiger partial charge in [0, 0.05) is 25.2 Å². The van der Waals surface area contributed by atoms with E-state index in [9.17, 15) is 4.79 Å². The van der Waals surface area contributed by atoms with Gasteiger partial charge in [-0.15, -0.1) is 0 Å². The Balaban J connectivity index is 1.63. The minimum absolute atomic E-state index is 0.0539. The molecule has 3 nitrogen and oxygen atoms in total. The summed E-state index contributed by atoms with van der Waals surface area (Å²) in [4.78, 5) is 12.3. The Labute approximate surface area is 121 Å². The number of hydrogen-bond acceptors (Lipinski definition) is 2. The molecule has 0 aromatic heterocycles. The summed E-state index contributed by atoms with van der Waals surface area (Å²) >= 11 is 0. The zero-order valence-corrected chi connectivity index (χ0v) is 12.8. The molecule has 20 heavy (non-hydrogen) atoms. The van der Waals surface area contributed by atoms with E-state index in [2.05, 4.69) is 44.4 Å². The van der Waals surface area contributed by atoms with Gasteiger partial charge < -0.3 is 10.6 Å². The maximum atomic E-state index is 12.3. The molecule has 1 aromatic carbocycles. The minimum Gasteiger partial charge on any atom is -0.352 e. The molecule has 0 radical (unpaired) electrons. The van der Waals surface area contributed by atoms with E-state index in [1.165, 1.54) is 11.1 Å². The number of fused-ring (bicyclic) bond motifs is 1. The molecule has 1 saturated carbocycles. The van der Waals surface area contributed by atoms with Gasteiger partial charge in [-0.05, 0) is 40.0 Å². The van der Waals surface area contributed by atoms with Crippen LogP contribution in [0.1, 0.15) is 49.2 Å². The van der Waals surface area contributed by atoms with Gasteiger partial charge in [-0.3, -0.25) is 4.79 Å².